The van der Waals surface area contributed by atoms with Gasteiger partial charge in [-0.1, -0.05) is 23.7 Å². The molecule has 5 heterocycles. The molecule has 2 atom stereocenters. The first-order valence-electron chi connectivity index (χ1n) is 13.1. The molecule has 13 heteroatoms. The van der Waals surface area contributed by atoms with Crippen LogP contribution >= 0.6 is 11.6 Å². The van der Waals surface area contributed by atoms with Crippen molar-refractivity contribution < 1.29 is 32.2 Å². The number of amides is 2. The minimum Gasteiger partial charge on any atom is -0.475 e. The second-order valence-electron chi connectivity index (χ2n) is 10.6. The third kappa shape index (κ3) is 5.64. The molecule has 1 N–H and O–H groups in total. The summed E-state index contributed by atoms with van der Waals surface area (Å²) in [4.78, 5) is 26.1. The highest BCUT2D eigenvalue weighted by Gasteiger charge is 2.41. The lowest BCUT2D eigenvalue weighted by Gasteiger charge is -2.36. The summed E-state index contributed by atoms with van der Waals surface area (Å²) in [6, 6.07) is 9.19. The molecule has 2 bridgehead atoms. The second kappa shape index (κ2) is 10.3. The Hall–Kier alpha value is -3.61. The smallest absolute Gasteiger partial charge is 0.416 e. The largest absolute Gasteiger partial charge is 0.475 e. The van der Waals surface area contributed by atoms with Gasteiger partial charge in [-0.15, -0.1) is 0 Å². The third-order valence-corrected chi connectivity index (χ3v) is 7.48. The number of nitrogens with one attached hydrogen (secondary N) is 1. The van der Waals surface area contributed by atoms with Gasteiger partial charge in [-0.2, -0.15) is 13.2 Å². The fourth-order valence-corrected chi connectivity index (χ4v) is 5.53. The van der Waals surface area contributed by atoms with Gasteiger partial charge in [-0.25, -0.2) is 14.8 Å². The van der Waals surface area contributed by atoms with Crippen molar-refractivity contribution in [3.05, 3.63) is 59.2 Å². The van der Waals surface area contributed by atoms with Crippen molar-refractivity contribution in [2.24, 2.45) is 0 Å². The van der Waals surface area contributed by atoms with Gasteiger partial charge in [0.2, 0.25) is 5.88 Å². The Morgan fingerprint density at radius 3 is 2.78 bits per heavy atom. The first-order chi connectivity index (χ1) is 19.5. The molecule has 2 amide bonds. The van der Waals surface area contributed by atoms with Gasteiger partial charge in [-0.3, -0.25) is 4.90 Å². The van der Waals surface area contributed by atoms with Crippen LogP contribution in [0.4, 0.5) is 35.2 Å². The number of hydrogen-bond donors (Lipinski definition) is 1. The summed E-state index contributed by atoms with van der Waals surface area (Å²) in [5.41, 5.74) is 0.659. The van der Waals surface area contributed by atoms with E-state index < -0.39 is 23.6 Å². The molecule has 0 radical (unpaired) electrons. The summed E-state index contributed by atoms with van der Waals surface area (Å²) in [5, 5.41) is 3.06. The highest BCUT2D eigenvalue weighted by Crippen LogP contribution is 2.44. The summed E-state index contributed by atoms with van der Waals surface area (Å²) in [6.07, 6.45) is -2.54. The van der Waals surface area contributed by atoms with Crippen LogP contribution in [0.3, 0.4) is 0 Å². The van der Waals surface area contributed by atoms with Crippen molar-refractivity contribution in [3.63, 3.8) is 0 Å². The van der Waals surface area contributed by atoms with Crippen molar-refractivity contribution in [3.8, 4) is 17.1 Å². The zero-order valence-electron chi connectivity index (χ0n) is 22.2. The molecule has 216 valence electrons. The van der Waals surface area contributed by atoms with E-state index in [4.69, 9.17) is 25.8 Å². The molecule has 1 aromatic carbocycles. The first-order valence-corrected chi connectivity index (χ1v) is 13.5. The van der Waals surface area contributed by atoms with E-state index in [1.165, 1.54) is 18.3 Å². The zero-order chi connectivity index (χ0) is 28.9. The maximum atomic E-state index is 13.6. The van der Waals surface area contributed by atoms with Gasteiger partial charge in [-0.05, 0) is 44.5 Å². The van der Waals surface area contributed by atoms with E-state index in [2.05, 4.69) is 20.2 Å². The van der Waals surface area contributed by atoms with Gasteiger partial charge in [0.1, 0.15) is 12.7 Å². The molecule has 41 heavy (non-hydrogen) atoms. The van der Waals surface area contributed by atoms with Gasteiger partial charge >= 0.3 is 12.2 Å². The fourth-order valence-electron chi connectivity index (χ4n) is 5.28. The maximum absolute atomic E-state index is 13.6. The van der Waals surface area contributed by atoms with Crippen LogP contribution in [0.2, 0.25) is 5.02 Å². The van der Waals surface area contributed by atoms with Gasteiger partial charge in [0.15, 0.2) is 11.6 Å². The molecular weight excluding hydrogens is 563 g/mol. The molecule has 2 fully saturated rings. The Labute approximate surface area is 239 Å². The SMILES string of the molecule is CC1(C)OCC(COc2ccc(NC(=O)N3c4nc(-c5cccc(C(F)(F)F)c5)c(Cl)cc4N4CC[C@H]3C4)cn2)O1. The minimum absolute atomic E-state index is 0.167. The Morgan fingerprint density at radius 2 is 2.07 bits per heavy atom. The Bertz CT molecular complexity index is 1470. The van der Waals surface area contributed by atoms with Gasteiger partial charge in [0.05, 0.1) is 46.5 Å². The standard InChI is InChI=1S/C28H27ClF3N5O4/c1-27(2)40-15-20(41-27)14-39-23-7-6-18(12-33-23)34-26(38)37-19-8-9-36(13-19)22-11-21(29)24(35-25(22)37)16-4-3-5-17(10-16)28(30,31)32/h3-7,10-12,19-20H,8-9,13-15H2,1-2H3,(H,34,38)/t19-,20?/m0/s1. The van der Waals surface area contributed by atoms with E-state index in [1.54, 1.807) is 23.1 Å². The van der Waals surface area contributed by atoms with Crippen molar-refractivity contribution >= 4 is 34.8 Å². The molecule has 1 unspecified atom stereocenters. The summed E-state index contributed by atoms with van der Waals surface area (Å²) < 4.78 is 57.1. The molecule has 0 spiro atoms. The second-order valence-corrected chi connectivity index (χ2v) is 11.0. The third-order valence-electron chi connectivity index (χ3n) is 7.19. The normalized spacial score (nSPS) is 21.1. The van der Waals surface area contributed by atoms with E-state index in [0.717, 1.165) is 12.1 Å². The molecular formula is C28H27ClF3N5O4. The quantitative estimate of drug-likeness (QED) is 0.392. The van der Waals surface area contributed by atoms with E-state index in [9.17, 15) is 18.0 Å². The fraction of sp³-hybridized carbons (Fsp3) is 0.393. The number of carbonyl (C=O) groups excluding carboxylic acids is 1. The van der Waals surface area contributed by atoms with Crippen LogP contribution in [-0.2, 0) is 15.7 Å². The predicted molar refractivity (Wildman–Crippen MR) is 146 cm³/mol. The lowest BCUT2D eigenvalue weighted by Crippen LogP contribution is -2.48. The number of halogens is 4. The molecule has 3 aliphatic rings. The zero-order valence-corrected chi connectivity index (χ0v) is 23.0. The average molecular weight is 590 g/mol. The number of carbonyl (C=O) groups is 1. The number of aromatic nitrogens is 2. The molecule has 3 aliphatic heterocycles. The molecule has 0 saturated carbocycles. The van der Waals surface area contributed by atoms with Gasteiger partial charge in [0.25, 0.3) is 0 Å². The number of rotatable bonds is 5. The summed E-state index contributed by atoms with van der Waals surface area (Å²) >= 11 is 6.53. The van der Waals surface area contributed by atoms with Crippen molar-refractivity contribution in [2.75, 3.05) is 41.4 Å². The molecule has 2 aromatic heterocycles. The van der Waals surface area contributed by atoms with Crippen molar-refractivity contribution in [1.82, 2.24) is 9.97 Å². The van der Waals surface area contributed by atoms with Crippen LogP contribution in [0.25, 0.3) is 11.3 Å². The topological polar surface area (TPSA) is 89.1 Å². The lowest BCUT2D eigenvalue weighted by atomic mass is 10.1. The van der Waals surface area contributed by atoms with Crippen molar-refractivity contribution in [1.29, 1.82) is 0 Å². The van der Waals surface area contributed by atoms with E-state index in [1.807, 2.05) is 13.8 Å². The number of pyridine rings is 2. The van der Waals surface area contributed by atoms with E-state index in [-0.39, 0.29) is 35.0 Å². The highest BCUT2D eigenvalue weighted by molar-refractivity contribution is 6.33. The van der Waals surface area contributed by atoms with Crippen LogP contribution < -0.4 is 19.9 Å². The highest BCUT2D eigenvalue weighted by atomic mass is 35.5. The molecule has 3 aromatic rings. The summed E-state index contributed by atoms with van der Waals surface area (Å²) in [7, 11) is 0. The lowest BCUT2D eigenvalue weighted by molar-refractivity contribution is -0.141. The van der Waals surface area contributed by atoms with Gasteiger partial charge < -0.3 is 24.4 Å². The van der Waals surface area contributed by atoms with Crippen molar-refractivity contribution in [2.45, 2.75) is 44.4 Å². The number of anilines is 3. The maximum Gasteiger partial charge on any atom is 0.416 e. The number of nitrogens with zero attached hydrogens (tertiary/aromatic N) is 4. The van der Waals surface area contributed by atoms with E-state index in [0.29, 0.717) is 49.2 Å². The molecule has 2 saturated heterocycles. The number of hydrogen-bond acceptors (Lipinski definition) is 7. The molecule has 6 rings (SSSR count). The van der Waals surface area contributed by atoms with Crippen LogP contribution in [0.1, 0.15) is 25.8 Å². The molecule has 9 nitrogen and oxygen atoms in total. The van der Waals surface area contributed by atoms with E-state index >= 15 is 0 Å². The monoisotopic (exact) mass is 589 g/mol. The Kier molecular flexibility index (Phi) is 6.95. The van der Waals surface area contributed by atoms with Crippen LogP contribution in [0.5, 0.6) is 5.88 Å². The van der Waals surface area contributed by atoms with Crippen LogP contribution in [0.15, 0.2) is 48.7 Å². The van der Waals surface area contributed by atoms with Crippen LogP contribution in [0, 0.1) is 0 Å². The number of urea groups is 1. The summed E-state index contributed by atoms with van der Waals surface area (Å²) in [6.45, 7) is 5.66. The average Bonchev–Trinajstić information content (AvgIpc) is 3.51. The molecule has 0 aliphatic carbocycles. The predicted octanol–water partition coefficient (Wildman–Crippen LogP) is 5.98. The first kappa shape index (κ1) is 27.6. The number of fused-ring (bicyclic) bond motifs is 4. The Morgan fingerprint density at radius 1 is 1.24 bits per heavy atom. The number of alkyl halides is 3. The Balaban J connectivity index is 1.21. The van der Waals surface area contributed by atoms with Gasteiger partial charge in [0, 0.05) is 24.7 Å². The minimum atomic E-state index is -4.52. The number of ether oxygens (including phenoxy) is 3. The summed E-state index contributed by atoms with van der Waals surface area (Å²) in [5.74, 6) is 0.0587. The number of benzene rings is 1. The van der Waals surface area contributed by atoms with Crippen LogP contribution in [-0.4, -0.2) is 60.2 Å².